The number of rotatable bonds is 3. The Labute approximate surface area is 106 Å². The van der Waals surface area contributed by atoms with Gasteiger partial charge in [-0.25, -0.2) is 4.39 Å². The lowest BCUT2D eigenvalue weighted by Gasteiger charge is -2.17. The van der Waals surface area contributed by atoms with Crippen LogP contribution in [0.1, 0.15) is 17.2 Å². The molecule has 1 aromatic carbocycles. The zero-order valence-electron chi connectivity index (χ0n) is 8.71. The van der Waals surface area contributed by atoms with Crippen LogP contribution < -0.4 is 5.32 Å². The molecule has 1 heterocycles. The highest BCUT2D eigenvalue weighted by atomic mass is 79.9. The number of benzene rings is 1. The van der Waals surface area contributed by atoms with Gasteiger partial charge in [0.05, 0.1) is 10.5 Å². The number of thiophene rings is 1. The van der Waals surface area contributed by atoms with E-state index >= 15 is 0 Å². The van der Waals surface area contributed by atoms with E-state index in [1.807, 2.05) is 24.6 Å². The first-order chi connectivity index (χ1) is 7.74. The highest BCUT2D eigenvalue weighted by Gasteiger charge is 2.16. The van der Waals surface area contributed by atoms with Crippen molar-refractivity contribution < 1.29 is 4.39 Å². The molecule has 1 N–H and O–H groups in total. The first-order valence-corrected chi connectivity index (χ1v) is 6.61. The van der Waals surface area contributed by atoms with Gasteiger partial charge in [-0.1, -0.05) is 12.1 Å². The van der Waals surface area contributed by atoms with E-state index < -0.39 is 0 Å². The molecule has 1 aromatic heterocycles. The maximum Gasteiger partial charge on any atom is 0.137 e. The summed E-state index contributed by atoms with van der Waals surface area (Å²) >= 11 is 4.93. The second kappa shape index (κ2) is 5.08. The van der Waals surface area contributed by atoms with Crippen molar-refractivity contribution >= 4 is 27.3 Å². The van der Waals surface area contributed by atoms with Gasteiger partial charge in [0.1, 0.15) is 5.82 Å². The van der Waals surface area contributed by atoms with Crippen molar-refractivity contribution in [3.63, 3.8) is 0 Å². The van der Waals surface area contributed by atoms with Gasteiger partial charge in [0, 0.05) is 0 Å². The van der Waals surface area contributed by atoms with Gasteiger partial charge in [0.2, 0.25) is 0 Å². The summed E-state index contributed by atoms with van der Waals surface area (Å²) in [6.45, 7) is 0. The molecule has 0 spiro atoms. The summed E-state index contributed by atoms with van der Waals surface area (Å²) in [5.74, 6) is -0.229. The Bertz CT molecular complexity index is 470. The molecule has 0 aliphatic carbocycles. The predicted octanol–water partition coefficient (Wildman–Crippen LogP) is 3.96. The minimum absolute atomic E-state index is 0.0244. The molecular formula is C12H11BrFNS. The first-order valence-electron chi connectivity index (χ1n) is 4.87. The van der Waals surface area contributed by atoms with E-state index in [1.54, 1.807) is 17.4 Å². The van der Waals surface area contributed by atoms with Gasteiger partial charge in [0.25, 0.3) is 0 Å². The molecular weight excluding hydrogens is 289 g/mol. The lowest BCUT2D eigenvalue weighted by atomic mass is 10.0. The molecule has 1 nitrogen and oxygen atoms in total. The zero-order chi connectivity index (χ0) is 11.5. The Balaban J connectivity index is 2.45. The number of halogens is 2. The summed E-state index contributed by atoms with van der Waals surface area (Å²) in [5.41, 5.74) is 2.07. The van der Waals surface area contributed by atoms with Crippen LogP contribution in [0.5, 0.6) is 0 Å². The topological polar surface area (TPSA) is 12.0 Å². The molecule has 0 saturated carbocycles. The molecule has 16 heavy (non-hydrogen) atoms. The van der Waals surface area contributed by atoms with Gasteiger partial charge in [0.15, 0.2) is 0 Å². The predicted molar refractivity (Wildman–Crippen MR) is 69.3 cm³/mol. The highest BCUT2D eigenvalue weighted by Crippen LogP contribution is 2.30. The average Bonchev–Trinajstić information content (AvgIpc) is 2.79. The average molecular weight is 300 g/mol. The molecule has 0 amide bonds. The third-order valence-electron chi connectivity index (χ3n) is 2.46. The number of hydrogen-bond acceptors (Lipinski definition) is 2. The van der Waals surface area contributed by atoms with Crippen LogP contribution in [0.2, 0.25) is 0 Å². The third-order valence-corrected chi connectivity index (χ3v) is 4.00. The molecule has 2 aromatic rings. The van der Waals surface area contributed by atoms with Gasteiger partial charge in [-0.3, -0.25) is 0 Å². The van der Waals surface area contributed by atoms with E-state index in [0.29, 0.717) is 4.47 Å². The second-order valence-electron chi connectivity index (χ2n) is 3.42. The van der Waals surface area contributed by atoms with Crippen LogP contribution in [0.15, 0.2) is 39.5 Å². The van der Waals surface area contributed by atoms with Gasteiger partial charge in [-0.2, -0.15) is 11.3 Å². The fraction of sp³-hybridized carbons (Fsp3) is 0.167. The van der Waals surface area contributed by atoms with Crippen molar-refractivity contribution in [2.24, 2.45) is 0 Å². The number of nitrogens with one attached hydrogen (secondary N) is 1. The van der Waals surface area contributed by atoms with Crippen LogP contribution in [0.3, 0.4) is 0 Å². The van der Waals surface area contributed by atoms with E-state index in [9.17, 15) is 4.39 Å². The van der Waals surface area contributed by atoms with Crippen molar-refractivity contribution in [1.29, 1.82) is 0 Å². The molecule has 84 valence electrons. The molecule has 0 fully saturated rings. The smallest absolute Gasteiger partial charge is 0.137 e. The van der Waals surface area contributed by atoms with Gasteiger partial charge < -0.3 is 5.32 Å². The van der Waals surface area contributed by atoms with Crippen molar-refractivity contribution in [3.8, 4) is 0 Å². The van der Waals surface area contributed by atoms with E-state index in [0.717, 1.165) is 11.1 Å². The quantitative estimate of drug-likeness (QED) is 0.905. The molecule has 1 unspecified atom stereocenters. The Morgan fingerprint density at radius 2 is 2.19 bits per heavy atom. The zero-order valence-corrected chi connectivity index (χ0v) is 11.1. The monoisotopic (exact) mass is 299 g/mol. The highest BCUT2D eigenvalue weighted by molar-refractivity contribution is 9.10. The van der Waals surface area contributed by atoms with E-state index in [-0.39, 0.29) is 11.9 Å². The van der Waals surface area contributed by atoms with Gasteiger partial charge in [-0.05, 0) is 57.0 Å². The van der Waals surface area contributed by atoms with Crippen molar-refractivity contribution in [2.45, 2.75) is 6.04 Å². The van der Waals surface area contributed by atoms with Crippen LogP contribution in [0.25, 0.3) is 0 Å². The lowest BCUT2D eigenvalue weighted by molar-refractivity contribution is 0.608. The van der Waals surface area contributed by atoms with Crippen LogP contribution in [0, 0.1) is 5.82 Å². The van der Waals surface area contributed by atoms with E-state index in [1.165, 1.54) is 6.07 Å². The summed E-state index contributed by atoms with van der Waals surface area (Å²) in [5, 5.41) is 7.29. The largest absolute Gasteiger partial charge is 0.309 e. The number of hydrogen-bond donors (Lipinski definition) is 1. The lowest BCUT2D eigenvalue weighted by Crippen LogP contribution is -2.17. The molecule has 0 saturated heterocycles. The van der Waals surface area contributed by atoms with Crippen LogP contribution in [-0.4, -0.2) is 7.05 Å². The molecule has 0 radical (unpaired) electrons. The summed E-state index contributed by atoms with van der Waals surface area (Å²) in [7, 11) is 1.87. The fourth-order valence-electron chi connectivity index (χ4n) is 1.68. The normalized spacial score (nSPS) is 12.7. The summed E-state index contributed by atoms with van der Waals surface area (Å²) in [6, 6.07) is 7.17. The molecule has 0 aliphatic heterocycles. The van der Waals surface area contributed by atoms with Crippen molar-refractivity contribution in [3.05, 3.63) is 56.4 Å². The van der Waals surface area contributed by atoms with E-state index in [4.69, 9.17) is 0 Å². The van der Waals surface area contributed by atoms with Gasteiger partial charge >= 0.3 is 0 Å². The first kappa shape index (κ1) is 11.8. The summed E-state index contributed by atoms with van der Waals surface area (Å²) < 4.78 is 14.0. The Morgan fingerprint density at radius 3 is 2.81 bits per heavy atom. The molecule has 0 aliphatic rings. The maximum absolute atomic E-state index is 13.4. The van der Waals surface area contributed by atoms with E-state index in [2.05, 4.69) is 26.6 Å². The Kier molecular flexibility index (Phi) is 3.74. The minimum atomic E-state index is -0.229. The van der Waals surface area contributed by atoms with Crippen molar-refractivity contribution in [1.82, 2.24) is 5.32 Å². The second-order valence-corrected chi connectivity index (χ2v) is 4.99. The summed E-state index contributed by atoms with van der Waals surface area (Å²) in [6.07, 6.45) is 0. The van der Waals surface area contributed by atoms with Crippen LogP contribution in [-0.2, 0) is 0 Å². The Morgan fingerprint density at radius 1 is 1.38 bits per heavy atom. The van der Waals surface area contributed by atoms with Crippen LogP contribution in [0.4, 0.5) is 4.39 Å². The third kappa shape index (κ3) is 2.19. The molecule has 4 heteroatoms. The molecule has 2 rings (SSSR count). The fourth-order valence-corrected chi connectivity index (χ4v) is 2.86. The standard InChI is InChI=1S/C12H11BrFNS/c1-15-12(8-5-6-16-7-8)9-3-2-4-10(14)11(9)13/h2-7,12,15H,1H3. The molecule has 0 bridgehead atoms. The van der Waals surface area contributed by atoms with Crippen LogP contribution >= 0.6 is 27.3 Å². The molecule has 1 atom stereocenters. The van der Waals surface area contributed by atoms with Gasteiger partial charge in [-0.15, -0.1) is 0 Å². The summed E-state index contributed by atoms with van der Waals surface area (Å²) in [4.78, 5) is 0. The maximum atomic E-state index is 13.4. The Hall–Kier alpha value is -0.710. The minimum Gasteiger partial charge on any atom is -0.309 e. The van der Waals surface area contributed by atoms with Crippen molar-refractivity contribution in [2.75, 3.05) is 7.05 Å². The SMILES string of the molecule is CNC(c1ccsc1)c1cccc(F)c1Br.